The van der Waals surface area contributed by atoms with Crippen LogP contribution in [0.4, 0.5) is 11.5 Å². The first-order valence-corrected chi connectivity index (χ1v) is 10.3. The number of nitrogens with zero attached hydrogens (tertiary/aromatic N) is 4. The Hall–Kier alpha value is -3.11. The highest BCUT2D eigenvalue weighted by molar-refractivity contribution is 5.98. The minimum atomic E-state index is 0.0941. The Balaban J connectivity index is 2.00. The largest absolute Gasteiger partial charge is 0.403 e. The third kappa shape index (κ3) is 4.89. The van der Waals surface area contributed by atoms with E-state index in [-0.39, 0.29) is 5.54 Å². The molecule has 1 aliphatic rings. The number of aromatic nitrogens is 1. The molecule has 30 heavy (non-hydrogen) atoms. The van der Waals surface area contributed by atoms with Crippen LogP contribution < -0.4 is 21.3 Å². The highest BCUT2D eigenvalue weighted by atomic mass is 15.2. The molecule has 2 heterocycles. The number of fused-ring (bicyclic) bond motifs is 1. The van der Waals surface area contributed by atoms with Gasteiger partial charge in [0.15, 0.2) is 5.82 Å². The SMILES string of the molecule is CN=CC(=CN)Nc1nc2ccccc2c(N2CCC(NC(C)(C)C)CC2)c1C#N. The molecule has 1 aromatic heterocycles. The van der Waals surface area contributed by atoms with Crippen LogP contribution in [0.5, 0.6) is 0 Å². The number of piperidine rings is 1. The van der Waals surface area contributed by atoms with E-state index in [0.29, 0.717) is 23.1 Å². The summed E-state index contributed by atoms with van der Waals surface area (Å²) in [5.41, 5.74) is 8.70. The number of para-hydroxylation sites is 1. The van der Waals surface area contributed by atoms with E-state index in [0.717, 1.165) is 42.5 Å². The lowest BCUT2D eigenvalue weighted by atomic mass is 9.98. The van der Waals surface area contributed by atoms with Crippen LogP contribution in [0.3, 0.4) is 0 Å². The Morgan fingerprint density at radius 2 is 2.00 bits per heavy atom. The van der Waals surface area contributed by atoms with E-state index < -0.39 is 0 Å². The van der Waals surface area contributed by atoms with Gasteiger partial charge >= 0.3 is 0 Å². The molecule has 0 atom stereocenters. The topological polar surface area (TPSA) is 102 Å². The molecule has 7 heteroatoms. The van der Waals surface area contributed by atoms with E-state index in [4.69, 9.17) is 10.7 Å². The van der Waals surface area contributed by atoms with Crippen molar-refractivity contribution < 1.29 is 0 Å². The van der Waals surface area contributed by atoms with Crippen molar-refractivity contribution in [2.75, 3.05) is 30.4 Å². The number of rotatable bonds is 5. The molecule has 0 unspecified atom stereocenters. The number of pyridine rings is 1. The van der Waals surface area contributed by atoms with Gasteiger partial charge in [0.05, 0.1) is 16.9 Å². The average Bonchev–Trinajstić information content (AvgIpc) is 2.72. The van der Waals surface area contributed by atoms with Crippen LogP contribution in [0.2, 0.25) is 0 Å². The normalized spacial score (nSPS) is 16.2. The molecule has 0 aliphatic carbocycles. The molecule has 0 spiro atoms. The highest BCUT2D eigenvalue weighted by Crippen LogP contribution is 2.35. The maximum absolute atomic E-state index is 10.1. The molecule has 1 aliphatic heterocycles. The number of aliphatic imine (C=N–C) groups is 1. The number of nitrogens with one attached hydrogen (secondary N) is 2. The number of nitrogens with two attached hydrogens (primary N) is 1. The second kappa shape index (κ2) is 9.14. The Kier molecular flexibility index (Phi) is 6.58. The van der Waals surface area contributed by atoms with Crippen LogP contribution in [0.1, 0.15) is 39.2 Å². The minimum Gasteiger partial charge on any atom is -0.403 e. The van der Waals surface area contributed by atoms with Crippen molar-refractivity contribution in [3.8, 4) is 6.07 Å². The lowest BCUT2D eigenvalue weighted by Crippen LogP contribution is -2.49. The summed E-state index contributed by atoms with van der Waals surface area (Å²) in [6.45, 7) is 8.36. The van der Waals surface area contributed by atoms with Crippen LogP contribution in [0.15, 0.2) is 41.2 Å². The van der Waals surface area contributed by atoms with Gasteiger partial charge in [-0.05, 0) is 39.7 Å². The molecule has 1 saturated heterocycles. The van der Waals surface area contributed by atoms with Crippen molar-refractivity contribution in [3.63, 3.8) is 0 Å². The second-order valence-electron chi connectivity index (χ2n) is 8.60. The van der Waals surface area contributed by atoms with E-state index in [2.05, 4.69) is 47.4 Å². The van der Waals surface area contributed by atoms with Gasteiger partial charge in [-0.3, -0.25) is 4.99 Å². The van der Waals surface area contributed by atoms with Gasteiger partial charge in [-0.15, -0.1) is 0 Å². The third-order valence-corrected chi connectivity index (χ3v) is 5.14. The summed E-state index contributed by atoms with van der Waals surface area (Å²) in [4.78, 5) is 11.0. The Morgan fingerprint density at radius 1 is 1.30 bits per heavy atom. The first-order chi connectivity index (χ1) is 14.4. The fourth-order valence-electron chi connectivity index (χ4n) is 3.97. The summed E-state index contributed by atoms with van der Waals surface area (Å²) in [6.07, 6.45) is 5.09. The van der Waals surface area contributed by atoms with E-state index in [9.17, 15) is 5.26 Å². The summed E-state index contributed by atoms with van der Waals surface area (Å²) < 4.78 is 0. The number of hydrogen-bond donors (Lipinski definition) is 3. The van der Waals surface area contributed by atoms with E-state index in [1.54, 1.807) is 13.3 Å². The first-order valence-electron chi connectivity index (χ1n) is 10.3. The number of allylic oxidation sites excluding steroid dienone is 1. The standard InChI is InChI=1S/C23H31N7/c1-23(2,3)29-16-9-11-30(12-10-16)21-18-7-5-6-8-20(18)28-22(19(21)14-25)27-17(13-24)15-26-4/h5-8,13,15-16,29H,9-12,24H2,1-4H3,(H,27,28). The predicted octanol–water partition coefficient (Wildman–Crippen LogP) is 3.38. The molecule has 3 rings (SSSR count). The molecular formula is C23H31N7. The van der Waals surface area contributed by atoms with Crippen LogP contribution in [0, 0.1) is 11.3 Å². The van der Waals surface area contributed by atoms with Gasteiger partial charge in [0.1, 0.15) is 11.6 Å². The number of anilines is 2. The molecule has 1 fully saturated rings. The van der Waals surface area contributed by atoms with Crippen LogP contribution in [0.25, 0.3) is 10.9 Å². The van der Waals surface area contributed by atoms with Gasteiger partial charge in [0, 0.05) is 49.5 Å². The van der Waals surface area contributed by atoms with Gasteiger partial charge in [0.2, 0.25) is 0 Å². The maximum atomic E-state index is 10.1. The van der Waals surface area contributed by atoms with Crippen molar-refractivity contribution in [3.05, 3.63) is 41.7 Å². The summed E-state index contributed by atoms with van der Waals surface area (Å²) in [6, 6.07) is 10.8. The van der Waals surface area contributed by atoms with Gasteiger partial charge in [0.25, 0.3) is 0 Å². The zero-order valence-corrected chi connectivity index (χ0v) is 18.2. The van der Waals surface area contributed by atoms with Gasteiger partial charge in [-0.1, -0.05) is 18.2 Å². The third-order valence-electron chi connectivity index (χ3n) is 5.14. The smallest absolute Gasteiger partial charge is 0.151 e. The number of nitriles is 1. The average molecular weight is 406 g/mol. The minimum absolute atomic E-state index is 0.0941. The lowest BCUT2D eigenvalue weighted by Gasteiger charge is -2.38. The number of hydrogen-bond acceptors (Lipinski definition) is 7. The molecule has 4 N–H and O–H groups in total. The summed E-state index contributed by atoms with van der Waals surface area (Å²) in [5.74, 6) is 0.498. The van der Waals surface area contributed by atoms with E-state index in [1.807, 2.05) is 24.3 Å². The van der Waals surface area contributed by atoms with Crippen LogP contribution >= 0.6 is 0 Å². The van der Waals surface area contributed by atoms with Crippen molar-refractivity contribution in [1.82, 2.24) is 10.3 Å². The van der Waals surface area contributed by atoms with E-state index in [1.165, 1.54) is 6.20 Å². The fraction of sp³-hybridized carbons (Fsp3) is 0.435. The van der Waals surface area contributed by atoms with Gasteiger partial charge < -0.3 is 21.3 Å². The monoisotopic (exact) mass is 405 g/mol. The summed E-state index contributed by atoms with van der Waals surface area (Å²) in [7, 11) is 1.67. The van der Waals surface area contributed by atoms with Crippen LogP contribution in [-0.4, -0.2) is 42.9 Å². The molecule has 7 nitrogen and oxygen atoms in total. The quantitative estimate of drug-likeness (QED) is 0.659. The molecule has 0 saturated carbocycles. The number of benzene rings is 1. The molecule has 0 radical (unpaired) electrons. The molecule has 0 amide bonds. The maximum Gasteiger partial charge on any atom is 0.151 e. The van der Waals surface area contributed by atoms with Crippen molar-refractivity contribution in [1.29, 1.82) is 5.26 Å². The Bertz CT molecular complexity index is 987. The molecular weight excluding hydrogens is 374 g/mol. The molecule has 158 valence electrons. The first kappa shape index (κ1) is 21.6. The predicted molar refractivity (Wildman–Crippen MR) is 125 cm³/mol. The summed E-state index contributed by atoms with van der Waals surface area (Å²) in [5, 5.41) is 17.9. The van der Waals surface area contributed by atoms with Crippen LogP contribution in [-0.2, 0) is 0 Å². The van der Waals surface area contributed by atoms with Gasteiger partial charge in [-0.2, -0.15) is 5.26 Å². The Labute approximate surface area is 178 Å². The lowest BCUT2D eigenvalue weighted by molar-refractivity contribution is 0.317. The second-order valence-corrected chi connectivity index (χ2v) is 8.60. The van der Waals surface area contributed by atoms with Gasteiger partial charge in [-0.25, -0.2) is 4.98 Å². The molecule has 2 aromatic rings. The zero-order chi connectivity index (χ0) is 21.7. The Morgan fingerprint density at radius 3 is 2.60 bits per heavy atom. The fourth-order valence-corrected chi connectivity index (χ4v) is 3.97. The zero-order valence-electron chi connectivity index (χ0n) is 18.2. The van der Waals surface area contributed by atoms with Crippen molar-refractivity contribution in [2.45, 2.75) is 45.2 Å². The molecule has 0 bridgehead atoms. The highest BCUT2D eigenvalue weighted by Gasteiger charge is 2.27. The van der Waals surface area contributed by atoms with Crippen molar-refractivity contribution >= 4 is 28.6 Å². The van der Waals surface area contributed by atoms with Crippen molar-refractivity contribution in [2.24, 2.45) is 10.7 Å². The molecule has 1 aromatic carbocycles. The van der Waals surface area contributed by atoms with E-state index >= 15 is 0 Å². The summed E-state index contributed by atoms with van der Waals surface area (Å²) >= 11 is 0.